The number of ether oxygens (including phenoxy) is 1. The molecule has 2 unspecified atom stereocenters. The van der Waals surface area contributed by atoms with Crippen molar-refractivity contribution in [2.24, 2.45) is 11.8 Å². The molecule has 2 aliphatic carbocycles. The van der Waals surface area contributed by atoms with Gasteiger partial charge in [-0.15, -0.1) is 0 Å². The van der Waals surface area contributed by atoms with Crippen molar-refractivity contribution in [1.29, 1.82) is 0 Å². The lowest BCUT2D eigenvalue weighted by Crippen LogP contribution is -2.34. The van der Waals surface area contributed by atoms with Gasteiger partial charge in [-0.2, -0.15) is 0 Å². The number of hydrogen-bond donors (Lipinski definition) is 1. The van der Waals surface area contributed by atoms with Crippen molar-refractivity contribution < 1.29 is 9.84 Å². The van der Waals surface area contributed by atoms with Crippen LogP contribution in [0.5, 0.6) is 0 Å². The van der Waals surface area contributed by atoms with Gasteiger partial charge in [0.05, 0.1) is 6.61 Å². The fraction of sp³-hybridized carbons (Fsp3) is 0.727. The molecule has 2 nitrogen and oxygen atoms in total. The average Bonchev–Trinajstić information content (AvgIpc) is 3.14. The van der Waals surface area contributed by atoms with Gasteiger partial charge in [-0.25, -0.2) is 0 Å². The van der Waals surface area contributed by atoms with Gasteiger partial charge in [-0.05, 0) is 59.1 Å². The normalized spacial score (nSPS) is 33.1. The van der Waals surface area contributed by atoms with E-state index in [1.54, 1.807) is 0 Å². The SMILES string of the molecule is CCOCC1C(CO)[C@@]1(C)c1ccc2c(c1)C(C)(C)CCC2(C)C. The van der Waals surface area contributed by atoms with Crippen molar-refractivity contribution in [3.05, 3.63) is 34.9 Å². The molecule has 1 fully saturated rings. The second-order valence-corrected chi connectivity index (χ2v) is 9.37. The lowest BCUT2D eigenvalue weighted by Gasteiger charge is -2.42. The highest BCUT2D eigenvalue weighted by atomic mass is 16.5. The van der Waals surface area contributed by atoms with Gasteiger partial charge < -0.3 is 9.84 Å². The van der Waals surface area contributed by atoms with E-state index in [9.17, 15) is 5.11 Å². The number of benzene rings is 1. The molecule has 3 rings (SSSR count). The summed E-state index contributed by atoms with van der Waals surface area (Å²) in [6.45, 7) is 15.6. The molecule has 2 heteroatoms. The van der Waals surface area contributed by atoms with Crippen LogP contribution in [0.1, 0.15) is 71.1 Å². The highest BCUT2D eigenvalue weighted by molar-refractivity contribution is 5.48. The number of aliphatic hydroxyl groups excluding tert-OH is 1. The van der Waals surface area contributed by atoms with Crippen molar-refractivity contribution in [1.82, 2.24) is 0 Å². The molecule has 1 N–H and O–H groups in total. The molecular weight excluding hydrogens is 296 g/mol. The zero-order valence-corrected chi connectivity index (χ0v) is 16.3. The Bertz CT molecular complexity index is 616. The molecule has 0 spiro atoms. The summed E-state index contributed by atoms with van der Waals surface area (Å²) in [6.07, 6.45) is 2.48. The molecule has 0 bridgehead atoms. The molecule has 24 heavy (non-hydrogen) atoms. The van der Waals surface area contributed by atoms with Gasteiger partial charge in [0.15, 0.2) is 0 Å². The van der Waals surface area contributed by atoms with Crippen molar-refractivity contribution in [2.75, 3.05) is 19.8 Å². The highest BCUT2D eigenvalue weighted by Crippen LogP contribution is 2.60. The van der Waals surface area contributed by atoms with E-state index in [1.807, 2.05) is 6.92 Å². The number of fused-ring (bicyclic) bond motifs is 1. The monoisotopic (exact) mass is 330 g/mol. The third-order valence-electron chi connectivity index (χ3n) is 7.09. The maximum atomic E-state index is 9.84. The fourth-order valence-corrected chi connectivity index (χ4v) is 4.90. The molecule has 1 saturated carbocycles. The molecule has 0 aromatic heterocycles. The van der Waals surface area contributed by atoms with Crippen LogP contribution in [0, 0.1) is 11.8 Å². The Kier molecular flexibility index (Phi) is 4.37. The van der Waals surface area contributed by atoms with E-state index >= 15 is 0 Å². The summed E-state index contributed by atoms with van der Waals surface area (Å²) >= 11 is 0. The van der Waals surface area contributed by atoms with Crippen LogP contribution in [0.15, 0.2) is 18.2 Å². The first-order chi connectivity index (χ1) is 11.2. The summed E-state index contributed by atoms with van der Waals surface area (Å²) in [7, 11) is 0. The largest absolute Gasteiger partial charge is 0.396 e. The fourth-order valence-electron chi connectivity index (χ4n) is 4.90. The maximum Gasteiger partial charge on any atom is 0.0506 e. The standard InChI is InChI=1S/C22H34O2/c1-7-24-14-19-18(13-23)22(19,6)15-8-9-16-17(12-15)21(4,5)11-10-20(16,2)3/h8-9,12,18-19,23H,7,10-11,13-14H2,1-6H3/t18?,19?,22-/m1/s1. The Hall–Kier alpha value is -0.860. The first-order valence-electron chi connectivity index (χ1n) is 9.52. The Morgan fingerprint density at radius 3 is 2.21 bits per heavy atom. The zero-order chi connectivity index (χ0) is 17.8. The minimum absolute atomic E-state index is 0.0522. The van der Waals surface area contributed by atoms with E-state index in [1.165, 1.54) is 29.5 Å². The molecule has 2 aliphatic rings. The zero-order valence-electron chi connectivity index (χ0n) is 16.3. The first kappa shape index (κ1) is 17.9. The van der Waals surface area contributed by atoms with E-state index in [4.69, 9.17) is 4.74 Å². The smallest absolute Gasteiger partial charge is 0.0506 e. The van der Waals surface area contributed by atoms with Gasteiger partial charge >= 0.3 is 0 Å². The minimum atomic E-state index is 0.0522. The summed E-state index contributed by atoms with van der Waals surface area (Å²) in [5, 5.41) is 9.84. The second kappa shape index (κ2) is 5.85. The molecule has 0 saturated heterocycles. The predicted molar refractivity (Wildman–Crippen MR) is 99.6 cm³/mol. The Balaban J connectivity index is 1.99. The third kappa shape index (κ3) is 2.63. The van der Waals surface area contributed by atoms with Crippen LogP contribution in [0.4, 0.5) is 0 Å². The lowest BCUT2D eigenvalue weighted by molar-refractivity contribution is 0.126. The topological polar surface area (TPSA) is 29.5 Å². The minimum Gasteiger partial charge on any atom is -0.396 e. The van der Waals surface area contributed by atoms with Crippen molar-refractivity contribution in [3.8, 4) is 0 Å². The van der Waals surface area contributed by atoms with E-state index in [2.05, 4.69) is 52.8 Å². The van der Waals surface area contributed by atoms with Crippen LogP contribution in [0.25, 0.3) is 0 Å². The van der Waals surface area contributed by atoms with E-state index in [0.29, 0.717) is 11.8 Å². The lowest BCUT2D eigenvalue weighted by atomic mass is 9.62. The average molecular weight is 331 g/mol. The van der Waals surface area contributed by atoms with Crippen molar-refractivity contribution >= 4 is 0 Å². The molecule has 0 radical (unpaired) electrons. The summed E-state index contributed by atoms with van der Waals surface area (Å²) in [4.78, 5) is 0. The molecule has 134 valence electrons. The van der Waals surface area contributed by atoms with Crippen LogP contribution >= 0.6 is 0 Å². The van der Waals surface area contributed by atoms with E-state index in [-0.39, 0.29) is 22.9 Å². The highest BCUT2D eigenvalue weighted by Gasteiger charge is 2.61. The third-order valence-corrected chi connectivity index (χ3v) is 7.09. The van der Waals surface area contributed by atoms with Gasteiger partial charge in [0.25, 0.3) is 0 Å². The van der Waals surface area contributed by atoms with Crippen molar-refractivity contribution in [2.45, 2.75) is 70.6 Å². The van der Waals surface area contributed by atoms with Gasteiger partial charge in [-0.1, -0.05) is 52.8 Å². The van der Waals surface area contributed by atoms with Crippen molar-refractivity contribution in [3.63, 3.8) is 0 Å². The Morgan fingerprint density at radius 1 is 1.00 bits per heavy atom. The summed E-state index contributed by atoms with van der Waals surface area (Å²) < 4.78 is 5.68. The van der Waals surface area contributed by atoms with Crippen LogP contribution in [0.3, 0.4) is 0 Å². The first-order valence-corrected chi connectivity index (χ1v) is 9.52. The molecule has 0 aliphatic heterocycles. The van der Waals surface area contributed by atoms with Crippen LogP contribution < -0.4 is 0 Å². The van der Waals surface area contributed by atoms with Crippen LogP contribution in [0.2, 0.25) is 0 Å². The Morgan fingerprint density at radius 2 is 1.62 bits per heavy atom. The Labute approximate surface area is 147 Å². The molecular formula is C22H34O2. The van der Waals surface area contributed by atoms with Gasteiger partial charge in [0.1, 0.15) is 0 Å². The summed E-state index contributed by atoms with van der Waals surface area (Å²) in [5.74, 6) is 0.752. The van der Waals surface area contributed by atoms with Gasteiger partial charge in [0.2, 0.25) is 0 Å². The van der Waals surface area contributed by atoms with Crippen LogP contribution in [-0.4, -0.2) is 24.9 Å². The summed E-state index contributed by atoms with van der Waals surface area (Å²) in [6, 6.07) is 7.13. The molecule has 1 aromatic rings. The second-order valence-electron chi connectivity index (χ2n) is 9.37. The molecule has 3 atom stereocenters. The van der Waals surface area contributed by atoms with Gasteiger partial charge in [0, 0.05) is 18.6 Å². The molecule has 1 aromatic carbocycles. The quantitative estimate of drug-likeness (QED) is 0.857. The van der Waals surface area contributed by atoms with Crippen LogP contribution in [-0.2, 0) is 21.0 Å². The number of hydrogen-bond acceptors (Lipinski definition) is 2. The maximum absolute atomic E-state index is 9.84. The van der Waals surface area contributed by atoms with E-state index in [0.717, 1.165) is 13.2 Å². The number of aliphatic hydroxyl groups is 1. The molecule has 0 heterocycles. The molecule has 0 amide bonds. The predicted octanol–water partition coefficient (Wildman–Crippen LogP) is 4.57. The number of rotatable bonds is 5. The van der Waals surface area contributed by atoms with Gasteiger partial charge in [-0.3, -0.25) is 0 Å². The summed E-state index contributed by atoms with van der Waals surface area (Å²) in [5.41, 5.74) is 4.95. The van der Waals surface area contributed by atoms with E-state index < -0.39 is 0 Å².